The quantitative estimate of drug-likeness (QED) is 0.846. The molecule has 0 aromatic carbocycles. The lowest BCUT2D eigenvalue weighted by atomic mass is 9.88. The first-order valence-corrected chi connectivity index (χ1v) is 8.41. The van der Waals surface area contributed by atoms with Gasteiger partial charge in [-0.05, 0) is 48.6 Å². The molecule has 1 saturated carbocycles. The zero-order valence-corrected chi connectivity index (χ0v) is 13.4. The highest BCUT2D eigenvalue weighted by molar-refractivity contribution is 5.94. The zero-order chi connectivity index (χ0) is 15.9. The topological polar surface area (TPSA) is 46.1 Å². The van der Waals surface area contributed by atoms with E-state index in [1.165, 1.54) is 32.1 Å². The van der Waals surface area contributed by atoms with Crippen LogP contribution in [-0.4, -0.2) is 27.3 Å². The molecule has 2 aromatic heterocycles. The molecule has 3 rings (SSSR count). The average Bonchev–Trinajstić information content (AvgIpc) is 2.63. The van der Waals surface area contributed by atoms with E-state index in [0.717, 1.165) is 12.1 Å². The lowest BCUT2D eigenvalue weighted by Gasteiger charge is -2.30. The van der Waals surface area contributed by atoms with E-state index in [-0.39, 0.29) is 5.91 Å². The third-order valence-electron chi connectivity index (χ3n) is 4.54. The van der Waals surface area contributed by atoms with Gasteiger partial charge in [0.2, 0.25) is 0 Å². The van der Waals surface area contributed by atoms with Crippen LogP contribution in [0.15, 0.2) is 49.1 Å². The maximum absolute atomic E-state index is 12.9. The van der Waals surface area contributed by atoms with Crippen LogP contribution < -0.4 is 0 Å². The van der Waals surface area contributed by atoms with Crippen molar-refractivity contribution >= 4 is 5.91 Å². The van der Waals surface area contributed by atoms with Crippen molar-refractivity contribution in [2.24, 2.45) is 5.92 Å². The van der Waals surface area contributed by atoms with E-state index in [9.17, 15) is 4.79 Å². The Morgan fingerprint density at radius 1 is 0.957 bits per heavy atom. The molecule has 120 valence electrons. The maximum Gasteiger partial charge on any atom is 0.254 e. The Labute approximate surface area is 137 Å². The molecule has 0 spiro atoms. The molecular formula is C19H23N3O. The summed E-state index contributed by atoms with van der Waals surface area (Å²) in [6.45, 7) is 1.48. The van der Waals surface area contributed by atoms with E-state index in [0.29, 0.717) is 18.0 Å². The minimum Gasteiger partial charge on any atom is -0.334 e. The Kier molecular flexibility index (Phi) is 5.35. The predicted molar refractivity (Wildman–Crippen MR) is 89.8 cm³/mol. The molecule has 0 N–H and O–H groups in total. The number of carbonyl (C=O) groups is 1. The molecule has 0 bridgehead atoms. The molecule has 0 radical (unpaired) electrons. The number of amides is 1. The molecule has 0 saturated heterocycles. The predicted octanol–water partition coefficient (Wildman–Crippen LogP) is 3.70. The molecule has 2 aromatic rings. The van der Waals surface area contributed by atoms with Gasteiger partial charge in [0, 0.05) is 43.4 Å². The van der Waals surface area contributed by atoms with E-state index in [4.69, 9.17) is 0 Å². The van der Waals surface area contributed by atoms with Gasteiger partial charge in [-0.2, -0.15) is 0 Å². The number of hydrogen-bond donors (Lipinski definition) is 0. The molecule has 23 heavy (non-hydrogen) atoms. The van der Waals surface area contributed by atoms with Crippen molar-refractivity contribution in [1.82, 2.24) is 14.9 Å². The van der Waals surface area contributed by atoms with Gasteiger partial charge >= 0.3 is 0 Å². The van der Waals surface area contributed by atoms with E-state index in [2.05, 4.69) is 9.97 Å². The van der Waals surface area contributed by atoms with Crippen LogP contribution in [0.2, 0.25) is 0 Å². The van der Waals surface area contributed by atoms with Crippen molar-refractivity contribution in [2.75, 3.05) is 6.54 Å². The summed E-state index contributed by atoms with van der Waals surface area (Å²) in [4.78, 5) is 23.0. The molecule has 0 aliphatic heterocycles. The summed E-state index contributed by atoms with van der Waals surface area (Å²) in [5, 5.41) is 0. The van der Waals surface area contributed by atoms with Crippen LogP contribution in [0.3, 0.4) is 0 Å². The van der Waals surface area contributed by atoms with Crippen molar-refractivity contribution in [2.45, 2.75) is 38.6 Å². The van der Waals surface area contributed by atoms with E-state index in [1.807, 2.05) is 17.0 Å². The van der Waals surface area contributed by atoms with Crippen LogP contribution >= 0.6 is 0 Å². The summed E-state index contributed by atoms with van der Waals surface area (Å²) in [7, 11) is 0. The number of carbonyl (C=O) groups excluding carboxylic acids is 1. The average molecular weight is 309 g/mol. The zero-order valence-electron chi connectivity index (χ0n) is 13.4. The lowest BCUT2D eigenvalue weighted by Crippen LogP contribution is -2.35. The number of aromatic nitrogens is 2. The van der Waals surface area contributed by atoms with Crippen LogP contribution in [0, 0.1) is 5.92 Å². The van der Waals surface area contributed by atoms with Crippen molar-refractivity contribution in [3.05, 3.63) is 60.2 Å². The third kappa shape index (κ3) is 4.38. The van der Waals surface area contributed by atoms with Crippen LogP contribution in [-0.2, 0) is 6.54 Å². The van der Waals surface area contributed by atoms with Gasteiger partial charge in [-0.1, -0.05) is 19.3 Å². The Morgan fingerprint density at radius 3 is 2.22 bits per heavy atom. The van der Waals surface area contributed by atoms with Gasteiger partial charge in [0.25, 0.3) is 5.91 Å². The largest absolute Gasteiger partial charge is 0.334 e. The highest BCUT2D eigenvalue weighted by Gasteiger charge is 2.22. The Hall–Kier alpha value is -2.23. The van der Waals surface area contributed by atoms with Gasteiger partial charge in [0.05, 0.1) is 0 Å². The van der Waals surface area contributed by atoms with Gasteiger partial charge in [0.1, 0.15) is 0 Å². The highest BCUT2D eigenvalue weighted by Crippen LogP contribution is 2.25. The fourth-order valence-electron chi connectivity index (χ4n) is 3.29. The SMILES string of the molecule is O=C(c1ccncc1)N(Cc1ccncc1)CC1CCCCC1. The number of rotatable bonds is 5. The lowest BCUT2D eigenvalue weighted by molar-refractivity contribution is 0.0699. The molecular weight excluding hydrogens is 286 g/mol. The van der Waals surface area contributed by atoms with Gasteiger partial charge < -0.3 is 4.90 Å². The summed E-state index contributed by atoms with van der Waals surface area (Å²) in [6.07, 6.45) is 13.3. The van der Waals surface area contributed by atoms with E-state index < -0.39 is 0 Å². The van der Waals surface area contributed by atoms with Crippen LogP contribution in [0.1, 0.15) is 48.0 Å². The maximum atomic E-state index is 12.9. The summed E-state index contributed by atoms with van der Waals surface area (Å²) in [6, 6.07) is 7.55. The van der Waals surface area contributed by atoms with Crippen LogP contribution in [0.4, 0.5) is 0 Å². The minimum atomic E-state index is 0.0924. The van der Waals surface area contributed by atoms with Crippen LogP contribution in [0.5, 0.6) is 0 Å². The first-order chi connectivity index (χ1) is 11.3. The molecule has 4 heteroatoms. The van der Waals surface area contributed by atoms with Gasteiger partial charge in [-0.3, -0.25) is 14.8 Å². The molecule has 1 amide bonds. The van der Waals surface area contributed by atoms with Gasteiger partial charge in [-0.25, -0.2) is 0 Å². The minimum absolute atomic E-state index is 0.0924. The Morgan fingerprint density at radius 2 is 1.57 bits per heavy atom. The second kappa shape index (κ2) is 7.86. The molecule has 1 aliphatic carbocycles. The Bertz CT molecular complexity index is 609. The summed E-state index contributed by atoms with van der Waals surface area (Å²) >= 11 is 0. The molecule has 0 atom stereocenters. The normalized spacial score (nSPS) is 15.3. The second-order valence-electron chi connectivity index (χ2n) is 6.28. The summed E-state index contributed by atoms with van der Waals surface area (Å²) < 4.78 is 0. The fourth-order valence-corrected chi connectivity index (χ4v) is 3.29. The molecule has 4 nitrogen and oxygen atoms in total. The fraction of sp³-hybridized carbons (Fsp3) is 0.421. The van der Waals surface area contributed by atoms with E-state index >= 15 is 0 Å². The van der Waals surface area contributed by atoms with Crippen molar-refractivity contribution in [3.63, 3.8) is 0 Å². The summed E-state index contributed by atoms with van der Waals surface area (Å²) in [5.74, 6) is 0.714. The summed E-state index contributed by atoms with van der Waals surface area (Å²) in [5.41, 5.74) is 1.84. The molecule has 1 aliphatic rings. The first kappa shape index (κ1) is 15.7. The molecule has 0 unspecified atom stereocenters. The monoisotopic (exact) mass is 309 g/mol. The van der Waals surface area contributed by atoms with Gasteiger partial charge in [-0.15, -0.1) is 0 Å². The first-order valence-electron chi connectivity index (χ1n) is 8.41. The number of pyridine rings is 2. The smallest absolute Gasteiger partial charge is 0.254 e. The standard InChI is InChI=1S/C19H23N3O/c23-19(18-8-12-21-13-9-18)22(14-16-4-2-1-3-5-16)15-17-6-10-20-11-7-17/h6-13,16H,1-5,14-15H2. The second-order valence-corrected chi connectivity index (χ2v) is 6.28. The van der Waals surface area contributed by atoms with Crippen molar-refractivity contribution in [3.8, 4) is 0 Å². The third-order valence-corrected chi connectivity index (χ3v) is 4.54. The van der Waals surface area contributed by atoms with Crippen molar-refractivity contribution < 1.29 is 4.79 Å². The Balaban J connectivity index is 1.76. The molecule has 1 fully saturated rings. The highest BCUT2D eigenvalue weighted by atomic mass is 16.2. The number of hydrogen-bond acceptors (Lipinski definition) is 3. The van der Waals surface area contributed by atoms with E-state index in [1.54, 1.807) is 36.9 Å². The molecule has 2 heterocycles. The van der Waals surface area contributed by atoms with Crippen LogP contribution in [0.25, 0.3) is 0 Å². The number of nitrogens with zero attached hydrogens (tertiary/aromatic N) is 3. The van der Waals surface area contributed by atoms with Gasteiger partial charge in [0.15, 0.2) is 0 Å². The van der Waals surface area contributed by atoms with Crippen molar-refractivity contribution in [1.29, 1.82) is 0 Å².